The third-order valence-electron chi connectivity index (χ3n) is 7.78. The van der Waals surface area contributed by atoms with Gasteiger partial charge < -0.3 is 25.3 Å². The molecule has 2 aliphatic heterocycles. The molecule has 0 spiro atoms. The van der Waals surface area contributed by atoms with Gasteiger partial charge in [-0.15, -0.1) is 5.10 Å². The monoisotopic (exact) mass is 644 g/mol. The summed E-state index contributed by atoms with van der Waals surface area (Å²) >= 11 is 0. The lowest BCUT2D eigenvalue weighted by Gasteiger charge is -2.50. The molecule has 0 radical (unpaired) electrons. The summed E-state index contributed by atoms with van der Waals surface area (Å²) in [5, 5.41) is 41.2. The van der Waals surface area contributed by atoms with Crippen molar-refractivity contribution in [2.45, 2.75) is 24.7 Å². The van der Waals surface area contributed by atoms with Gasteiger partial charge in [-0.1, -0.05) is 0 Å². The van der Waals surface area contributed by atoms with Crippen molar-refractivity contribution in [3.8, 4) is 6.07 Å². The van der Waals surface area contributed by atoms with Gasteiger partial charge in [-0.25, -0.2) is 4.52 Å². The Morgan fingerprint density at radius 3 is 2.54 bits per heavy atom. The highest BCUT2D eigenvalue weighted by atomic mass is 19.4. The summed E-state index contributed by atoms with van der Waals surface area (Å²) in [5.74, 6) is 0.254. The van der Waals surface area contributed by atoms with Gasteiger partial charge in [0, 0.05) is 64.4 Å². The van der Waals surface area contributed by atoms with Crippen LogP contribution in [0.3, 0.4) is 0 Å². The maximum absolute atomic E-state index is 13.2. The first kappa shape index (κ1) is 32.2. The molecule has 2 aliphatic rings. The zero-order chi connectivity index (χ0) is 32.9. The molecule has 6 rings (SSSR count). The number of hydrogen-bond donors (Lipinski definition) is 3. The summed E-state index contributed by atoms with van der Waals surface area (Å²) in [6, 6.07) is 5.70. The molecule has 0 aliphatic carbocycles. The molecule has 2 saturated heterocycles. The van der Waals surface area contributed by atoms with Crippen LogP contribution in [0.15, 0.2) is 43.1 Å². The van der Waals surface area contributed by atoms with Crippen LogP contribution in [0.2, 0.25) is 0 Å². The Kier molecular flexibility index (Phi) is 9.39. The molecule has 4 aromatic rings. The van der Waals surface area contributed by atoms with Crippen molar-refractivity contribution in [1.82, 2.24) is 44.0 Å². The zero-order valence-corrected chi connectivity index (χ0v) is 24.5. The van der Waals surface area contributed by atoms with Gasteiger partial charge in [-0.05, 0) is 12.1 Å². The van der Waals surface area contributed by atoms with Crippen molar-refractivity contribution < 1.29 is 33.0 Å². The summed E-state index contributed by atoms with van der Waals surface area (Å²) in [6.45, 7) is 3.72. The quantitative estimate of drug-likeness (QED) is 0.219. The van der Waals surface area contributed by atoms with E-state index in [1.165, 1.54) is 4.68 Å². The van der Waals surface area contributed by atoms with Gasteiger partial charge in [0.05, 0.1) is 48.4 Å². The second-order valence-electron chi connectivity index (χ2n) is 10.8. The summed E-state index contributed by atoms with van der Waals surface area (Å²) in [7, 11) is 0. The van der Waals surface area contributed by atoms with Crippen LogP contribution in [0.1, 0.15) is 12.0 Å². The normalized spacial score (nSPS) is 16.3. The van der Waals surface area contributed by atoms with E-state index in [9.17, 15) is 23.2 Å². The molecule has 19 heteroatoms. The number of pyridine rings is 1. The van der Waals surface area contributed by atoms with Crippen molar-refractivity contribution in [2.75, 3.05) is 62.6 Å². The largest absolute Gasteiger partial charge is 0.483 e. The Morgan fingerprint density at radius 1 is 1.15 bits per heavy atom. The van der Waals surface area contributed by atoms with Crippen molar-refractivity contribution in [1.29, 1.82) is 5.26 Å². The molecule has 0 saturated carbocycles. The SMILES string of the molecule is N#CCC1(n2cc(C(F)(F)F)cn2)CN(c2cccn3nc(Nc4cnn(CC(=O)N5CCN(CCO)CC5)c4)nc23)C1.O=CO. The van der Waals surface area contributed by atoms with E-state index in [1.807, 2.05) is 11.0 Å². The molecule has 0 atom stereocenters. The fourth-order valence-electron chi connectivity index (χ4n) is 5.48. The Bertz CT molecular complexity index is 1700. The number of carbonyl (C=O) groups excluding carboxylic acids is 1. The van der Waals surface area contributed by atoms with Crippen LogP contribution in [0.4, 0.5) is 30.5 Å². The minimum Gasteiger partial charge on any atom is -0.483 e. The van der Waals surface area contributed by atoms with Gasteiger partial charge in [0.2, 0.25) is 11.9 Å². The number of fused-ring (bicyclic) bond motifs is 1. The molecule has 46 heavy (non-hydrogen) atoms. The molecular weight excluding hydrogens is 613 g/mol. The third-order valence-corrected chi connectivity index (χ3v) is 7.78. The van der Waals surface area contributed by atoms with E-state index in [1.54, 1.807) is 38.8 Å². The van der Waals surface area contributed by atoms with Gasteiger partial charge >= 0.3 is 6.18 Å². The van der Waals surface area contributed by atoms with Crippen molar-refractivity contribution in [3.05, 3.63) is 48.7 Å². The maximum Gasteiger partial charge on any atom is 0.419 e. The van der Waals surface area contributed by atoms with Crippen molar-refractivity contribution in [3.63, 3.8) is 0 Å². The lowest BCUT2D eigenvalue weighted by Crippen LogP contribution is -2.63. The van der Waals surface area contributed by atoms with Crippen LogP contribution in [-0.4, -0.2) is 119 Å². The molecule has 2 fully saturated rings. The Hall–Kier alpha value is -5.22. The number of hydrogen-bond acceptors (Lipinski definition) is 11. The van der Waals surface area contributed by atoms with Crippen molar-refractivity contribution in [2.24, 2.45) is 0 Å². The van der Waals surface area contributed by atoms with Crippen molar-refractivity contribution >= 4 is 35.3 Å². The Balaban J connectivity index is 0.00000134. The number of aliphatic hydroxyl groups is 1. The van der Waals surface area contributed by atoms with E-state index >= 15 is 0 Å². The summed E-state index contributed by atoms with van der Waals surface area (Å²) < 4.78 is 43.8. The van der Waals surface area contributed by atoms with E-state index in [0.717, 1.165) is 25.5 Å². The molecular formula is C27H31F3N12O4. The van der Waals surface area contributed by atoms with E-state index < -0.39 is 17.3 Å². The first-order valence-corrected chi connectivity index (χ1v) is 14.2. The maximum atomic E-state index is 13.2. The van der Waals surface area contributed by atoms with Crippen LogP contribution < -0.4 is 10.2 Å². The number of amides is 1. The van der Waals surface area contributed by atoms with E-state index in [4.69, 9.17) is 15.0 Å². The standard InChI is InChI=1S/C26H29F3N12O2.CH2O2/c27-26(28,29)19-12-32-41(14-19)25(3-4-30)17-38(18-25)21-2-1-5-40-23(21)34-24(35-40)33-20-13-31-39(15-20)16-22(43)37-8-6-36(7-9-37)10-11-42;2-1-3/h1-2,5,12-15,42H,3,6-11,16-18H2,(H,33,35);1H,(H,2,3). The van der Waals surface area contributed by atoms with Gasteiger partial charge in [0.15, 0.2) is 5.65 Å². The third kappa shape index (κ3) is 6.87. The van der Waals surface area contributed by atoms with Crippen LogP contribution in [0.25, 0.3) is 5.65 Å². The van der Waals surface area contributed by atoms with Crippen LogP contribution in [0, 0.1) is 11.3 Å². The topological polar surface area (TPSA) is 186 Å². The van der Waals surface area contributed by atoms with Crippen LogP contribution >= 0.6 is 0 Å². The van der Waals surface area contributed by atoms with E-state index in [2.05, 4.69) is 36.6 Å². The first-order valence-electron chi connectivity index (χ1n) is 14.2. The zero-order valence-electron chi connectivity index (χ0n) is 24.5. The van der Waals surface area contributed by atoms with Crippen LogP contribution in [-0.2, 0) is 27.8 Å². The highest BCUT2D eigenvalue weighted by Gasteiger charge is 2.47. The van der Waals surface area contributed by atoms with Gasteiger partial charge in [-0.3, -0.25) is 23.9 Å². The Morgan fingerprint density at radius 2 is 1.89 bits per heavy atom. The lowest BCUT2D eigenvalue weighted by atomic mass is 9.86. The molecule has 0 aromatic carbocycles. The summed E-state index contributed by atoms with van der Waals surface area (Å²) in [6.07, 6.45) is 2.19. The fourth-order valence-corrected chi connectivity index (χ4v) is 5.48. The number of alkyl halides is 3. The highest BCUT2D eigenvalue weighted by Crippen LogP contribution is 2.39. The number of halogens is 3. The molecule has 0 unspecified atom stereocenters. The summed E-state index contributed by atoms with van der Waals surface area (Å²) in [4.78, 5) is 31.5. The number of nitrogens with zero attached hydrogens (tertiary/aromatic N) is 11. The van der Waals surface area contributed by atoms with Gasteiger partial charge in [0.1, 0.15) is 12.1 Å². The van der Waals surface area contributed by atoms with E-state index in [-0.39, 0.29) is 45.0 Å². The molecule has 6 heterocycles. The molecule has 0 bridgehead atoms. The fraction of sp³-hybridized carbons (Fsp3) is 0.444. The van der Waals surface area contributed by atoms with Gasteiger partial charge in [-0.2, -0.15) is 33.6 Å². The minimum absolute atomic E-state index is 0.00248. The highest BCUT2D eigenvalue weighted by molar-refractivity contribution is 5.76. The average molecular weight is 645 g/mol. The molecule has 1 amide bonds. The minimum atomic E-state index is -4.52. The Labute approximate surface area is 259 Å². The second kappa shape index (κ2) is 13.4. The smallest absolute Gasteiger partial charge is 0.419 e. The number of piperazine rings is 1. The number of carbonyl (C=O) groups is 2. The predicted octanol–water partition coefficient (Wildman–Crippen LogP) is 0.851. The molecule has 16 nitrogen and oxygen atoms in total. The number of β-amino-alcohol motifs (C(OH)–C–C–N with tert-alkyl or cyclic N) is 1. The predicted molar refractivity (Wildman–Crippen MR) is 155 cm³/mol. The van der Waals surface area contributed by atoms with Gasteiger partial charge in [0.25, 0.3) is 6.47 Å². The second-order valence-corrected chi connectivity index (χ2v) is 10.8. The average Bonchev–Trinajstić information content (AvgIpc) is 3.76. The molecule has 4 aromatic heterocycles. The number of carboxylic acid groups (broad SMARTS) is 1. The number of nitriles is 1. The number of anilines is 3. The number of rotatable bonds is 9. The number of nitrogens with one attached hydrogen (secondary N) is 1. The molecule has 3 N–H and O–H groups in total. The van der Waals surface area contributed by atoms with Crippen LogP contribution in [0.5, 0.6) is 0 Å². The first-order chi connectivity index (χ1) is 22.1. The molecule has 244 valence electrons. The number of aromatic nitrogens is 7. The number of aliphatic hydroxyl groups excluding tert-OH is 1. The van der Waals surface area contributed by atoms with E-state index in [0.29, 0.717) is 42.6 Å². The summed E-state index contributed by atoms with van der Waals surface area (Å²) in [5.41, 5.74) is 0.0677. The lowest BCUT2D eigenvalue weighted by molar-refractivity contribution is -0.137.